The Morgan fingerprint density at radius 1 is 1.10 bits per heavy atom. The molecule has 0 fully saturated rings. The summed E-state index contributed by atoms with van der Waals surface area (Å²) in [5, 5.41) is 13.4. The molecule has 158 valence electrons. The second-order valence-electron chi connectivity index (χ2n) is 8.26. The lowest BCUT2D eigenvalue weighted by molar-refractivity contribution is 0.0698. The molecule has 2 heterocycles. The van der Waals surface area contributed by atoms with Gasteiger partial charge in [-0.3, -0.25) is 0 Å². The zero-order valence-electron chi connectivity index (χ0n) is 17.8. The van der Waals surface area contributed by atoms with E-state index in [9.17, 15) is 9.90 Å². The number of para-hydroxylation sites is 1. The number of carbonyl (C=O) groups is 1. The standard InChI is InChI=1S/C24H23N3O3S/c1-14-11-12-18-20(19(14)22(28)29)27-23(31-18)26-16-9-7-13-25-21(16)30-17-10-6-5-8-15(17)24(2,3)4/h5-13H,1-4H3,(H,26,27)(H,28,29). The lowest BCUT2D eigenvalue weighted by Gasteiger charge is -2.22. The van der Waals surface area contributed by atoms with Gasteiger partial charge in [-0.1, -0.05) is 56.4 Å². The van der Waals surface area contributed by atoms with Gasteiger partial charge in [-0.15, -0.1) is 0 Å². The van der Waals surface area contributed by atoms with Crippen molar-refractivity contribution in [1.29, 1.82) is 0 Å². The van der Waals surface area contributed by atoms with Crippen molar-refractivity contribution in [1.82, 2.24) is 9.97 Å². The number of rotatable bonds is 5. The molecule has 0 saturated carbocycles. The van der Waals surface area contributed by atoms with E-state index in [1.165, 1.54) is 11.3 Å². The van der Waals surface area contributed by atoms with Crippen molar-refractivity contribution in [2.75, 3.05) is 5.32 Å². The Morgan fingerprint density at radius 3 is 2.61 bits per heavy atom. The first-order valence-electron chi connectivity index (χ1n) is 9.87. The van der Waals surface area contributed by atoms with E-state index in [1.54, 1.807) is 19.2 Å². The zero-order chi connectivity index (χ0) is 22.2. The summed E-state index contributed by atoms with van der Waals surface area (Å²) in [4.78, 5) is 20.6. The van der Waals surface area contributed by atoms with E-state index in [1.807, 2.05) is 36.4 Å². The fourth-order valence-electron chi connectivity index (χ4n) is 3.38. The smallest absolute Gasteiger partial charge is 0.338 e. The number of benzene rings is 2. The third kappa shape index (κ3) is 4.22. The van der Waals surface area contributed by atoms with Crippen LogP contribution < -0.4 is 10.1 Å². The summed E-state index contributed by atoms with van der Waals surface area (Å²) >= 11 is 1.39. The van der Waals surface area contributed by atoms with Gasteiger partial charge in [-0.2, -0.15) is 0 Å². The monoisotopic (exact) mass is 433 g/mol. The molecule has 0 radical (unpaired) electrons. The summed E-state index contributed by atoms with van der Waals surface area (Å²) in [6.45, 7) is 8.18. The van der Waals surface area contributed by atoms with Crippen molar-refractivity contribution in [2.24, 2.45) is 0 Å². The van der Waals surface area contributed by atoms with E-state index in [2.05, 4.69) is 42.1 Å². The lowest BCUT2D eigenvalue weighted by Crippen LogP contribution is -2.12. The first-order chi connectivity index (χ1) is 14.7. The largest absolute Gasteiger partial charge is 0.478 e. The summed E-state index contributed by atoms with van der Waals surface area (Å²) < 4.78 is 7.00. The molecule has 0 aliphatic rings. The first kappa shape index (κ1) is 20.8. The minimum atomic E-state index is -0.982. The molecule has 4 rings (SSSR count). The second-order valence-corrected chi connectivity index (χ2v) is 9.29. The molecule has 6 nitrogen and oxygen atoms in total. The molecular formula is C24H23N3O3S. The highest BCUT2D eigenvalue weighted by Gasteiger charge is 2.21. The number of carboxylic acid groups (broad SMARTS) is 1. The van der Waals surface area contributed by atoms with Crippen LogP contribution in [0, 0.1) is 6.92 Å². The van der Waals surface area contributed by atoms with Crippen LogP contribution in [0.4, 0.5) is 10.8 Å². The molecule has 0 bridgehead atoms. The van der Waals surface area contributed by atoms with E-state index >= 15 is 0 Å². The third-order valence-electron chi connectivity index (χ3n) is 4.90. The van der Waals surface area contributed by atoms with E-state index in [-0.39, 0.29) is 11.0 Å². The number of hydrogen-bond donors (Lipinski definition) is 2. The van der Waals surface area contributed by atoms with E-state index in [0.29, 0.717) is 27.8 Å². The molecule has 2 aromatic heterocycles. The number of pyridine rings is 1. The van der Waals surface area contributed by atoms with Crippen LogP contribution in [0.15, 0.2) is 54.7 Å². The Morgan fingerprint density at radius 2 is 1.87 bits per heavy atom. The number of fused-ring (bicyclic) bond motifs is 1. The number of aromatic carboxylic acids is 1. The second kappa shape index (κ2) is 8.00. The fourth-order valence-corrected chi connectivity index (χ4v) is 4.27. The Kier molecular flexibility index (Phi) is 5.37. The van der Waals surface area contributed by atoms with Crippen LogP contribution in [0.2, 0.25) is 0 Å². The summed E-state index contributed by atoms with van der Waals surface area (Å²) in [7, 11) is 0. The molecule has 0 unspecified atom stereocenters. The maximum Gasteiger partial charge on any atom is 0.338 e. The molecule has 0 aliphatic carbocycles. The number of nitrogens with zero attached hydrogens (tertiary/aromatic N) is 2. The maximum absolute atomic E-state index is 11.7. The van der Waals surface area contributed by atoms with Crippen molar-refractivity contribution in [3.63, 3.8) is 0 Å². The average Bonchev–Trinajstić information content (AvgIpc) is 3.11. The van der Waals surface area contributed by atoms with Gasteiger partial charge in [0.15, 0.2) is 5.13 Å². The van der Waals surface area contributed by atoms with Crippen LogP contribution in [-0.2, 0) is 5.41 Å². The zero-order valence-corrected chi connectivity index (χ0v) is 18.6. The summed E-state index contributed by atoms with van der Waals surface area (Å²) in [5.74, 6) is 0.182. The molecule has 0 atom stereocenters. The van der Waals surface area contributed by atoms with Gasteiger partial charge in [0.25, 0.3) is 0 Å². The number of ether oxygens (including phenoxy) is 1. The van der Waals surface area contributed by atoms with Gasteiger partial charge in [0.1, 0.15) is 11.4 Å². The Labute approximate surface area is 184 Å². The van der Waals surface area contributed by atoms with Crippen LogP contribution in [-0.4, -0.2) is 21.0 Å². The van der Waals surface area contributed by atoms with E-state index in [0.717, 1.165) is 16.0 Å². The van der Waals surface area contributed by atoms with Gasteiger partial charge in [0, 0.05) is 11.8 Å². The summed E-state index contributed by atoms with van der Waals surface area (Å²) in [5.41, 5.74) is 3.03. The van der Waals surface area contributed by atoms with Gasteiger partial charge < -0.3 is 15.2 Å². The minimum Gasteiger partial charge on any atom is -0.478 e. The van der Waals surface area contributed by atoms with Gasteiger partial charge in [-0.25, -0.2) is 14.8 Å². The SMILES string of the molecule is Cc1ccc2sc(Nc3cccnc3Oc3ccccc3C(C)(C)C)nc2c1C(=O)O. The number of aryl methyl sites for hydroxylation is 1. The van der Waals surface area contributed by atoms with Crippen LogP contribution in [0.5, 0.6) is 11.6 Å². The van der Waals surface area contributed by atoms with Crippen LogP contribution in [0.3, 0.4) is 0 Å². The van der Waals surface area contributed by atoms with Crippen LogP contribution >= 0.6 is 11.3 Å². The predicted molar refractivity (Wildman–Crippen MR) is 124 cm³/mol. The predicted octanol–water partition coefficient (Wildman–Crippen LogP) is 6.53. The molecule has 0 saturated heterocycles. The molecule has 0 spiro atoms. The number of thiazole rings is 1. The first-order valence-corrected chi connectivity index (χ1v) is 10.7. The molecular weight excluding hydrogens is 410 g/mol. The van der Waals surface area contributed by atoms with Crippen LogP contribution in [0.1, 0.15) is 42.3 Å². The molecule has 0 aliphatic heterocycles. The van der Waals surface area contributed by atoms with Gasteiger partial charge >= 0.3 is 5.97 Å². The summed E-state index contributed by atoms with van der Waals surface area (Å²) in [6, 6.07) is 15.3. The highest BCUT2D eigenvalue weighted by molar-refractivity contribution is 7.22. The number of nitrogens with one attached hydrogen (secondary N) is 1. The molecule has 31 heavy (non-hydrogen) atoms. The van der Waals surface area contributed by atoms with E-state index in [4.69, 9.17) is 4.74 Å². The van der Waals surface area contributed by atoms with Gasteiger partial charge in [0.05, 0.1) is 15.8 Å². The van der Waals surface area contributed by atoms with Gasteiger partial charge in [0.2, 0.25) is 5.88 Å². The number of carboxylic acids is 1. The molecule has 0 amide bonds. The topological polar surface area (TPSA) is 84.3 Å². The quantitative estimate of drug-likeness (QED) is 0.372. The lowest BCUT2D eigenvalue weighted by atomic mass is 9.86. The number of anilines is 2. The Bertz CT molecular complexity index is 1270. The van der Waals surface area contributed by atoms with Crippen molar-refractivity contribution in [3.05, 3.63) is 71.4 Å². The molecule has 4 aromatic rings. The van der Waals surface area contributed by atoms with Gasteiger partial charge in [-0.05, 0) is 42.2 Å². The summed E-state index contributed by atoms with van der Waals surface area (Å²) in [6.07, 6.45) is 1.67. The van der Waals surface area contributed by atoms with E-state index < -0.39 is 5.97 Å². The molecule has 2 aromatic carbocycles. The number of aromatic nitrogens is 2. The Hall–Kier alpha value is -3.45. The highest BCUT2D eigenvalue weighted by atomic mass is 32.1. The third-order valence-corrected chi connectivity index (χ3v) is 5.83. The fraction of sp³-hybridized carbons (Fsp3) is 0.208. The van der Waals surface area contributed by atoms with Crippen LogP contribution in [0.25, 0.3) is 10.2 Å². The Balaban J connectivity index is 1.70. The van der Waals surface area contributed by atoms with Crippen molar-refractivity contribution >= 4 is 38.3 Å². The normalized spacial score (nSPS) is 11.5. The maximum atomic E-state index is 11.7. The molecule has 2 N–H and O–H groups in total. The number of hydrogen-bond acceptors (Lipinski definition) is 6. The molecule has 7 heteroatoms. The van der Waals surface area contributed by atoms with Crippen molar-refractivity contribution in [3.8, 4) is 11.6 Å². The highest BCUT2D eigenvalue weighted by Crippen LogP contribution is 2.37. The van der Waals surface area contributed by atoms with Crippen molar-refractivity contribution in [2.45, 2.75) is 33.1 Å². The van der Waals surface area contributed by atoms with Crippen molar-refractivity contribution < 1.29 is 14.6 Å². The average molecular weight is 434 g/mol. The minimum absolute atomic E-state index is 0.0862.